The molecule has 3 rings (SSSR count). The van der Waals surface area contributed by atoms with Gasteiger partial charge in [-0.2, -0.15) is 0 Å². The van der Waals surface area contributed by atoms with Gasteiger partial charge in [0.05, 0.1) is 11.7 Å². The summed E-state index contributed by atoms with van der Waals surface area (Å²) in [4.78, 5) is 18.7. The van der Waals surface area contributed by atoms with Gasteiger partial charge in [0.25, 0.3) is 5.91 Å². The maximum Gasteiger partial charge on any atom is 0.292 e. The molecule has 0 N–H and O–H groups in total. The molecular formula is C15H20N4O2. The molecule has 0 spiro atoms. The van der Waals surface area contributed by atoms with Crippen molar-refractivity contribution in [1.29, 1.82) is 0 Å². The Balaban J connectivity index is 1.75. The summed E-state index contributed by atoms with van der Waals surface area (Å²) in [5, 5.41) is 3.79. The minimum Gasteiger partial charge on any atom is -0.351 e. The second-order valence-electron chi connectivity index (χ2n) is 5.48. The second-order valence-corrected chi connectivity index (χ2v) is 5.48. The zero-order chi connectivity index (χ0) is 14.8. The van der Waals surface area contributed by atoms with Gasteiger partial charge in [0.2, 0.25) is 5.76 Å². The molecule has 1 aliphatic heterocycles. The molecule has 3 heterocycles. The van der Waals surface area contributed by atoms with Crippen molar-refractivity contribution in [2.45, 2.75) is 39.2 Å². The fraction of sp³-hybridized carbons (Fsp3) is 0.533. The third-order valence-electron chi connectivity index (χ3n) is 3.98. The van der Waals surface area contributed by atoms with Crippen LogP contribution in [0, 0.1) is 6.92 Å². The van der Waals surface area contributed by atoms with Gasteiger partial charge in [0.15, 0.2) is 0 Å². The lowest BCUT2D eigenvalue weighted by Gasteiger charge is -2.33. The SMILES string of the molecule is CCc1nccn1[C@H]1CCCN(C(=O)c2cc(C)no2)C1. The Morgan fingerprint density at radius 3 is 3.10 bits per heavy atom. The van der Waals surface area contributed by atoms with Crippen LogP contribution in [0.5, 0.6) is 0 Å². The Bertz CT molecular complexity index is 631. The van der Waals surface area contributed by atoms with Crippen LogP contribution >= 0.6 is 0 Å². The van der Waals surface area contributed by atoms with E-state index in [1.165, 1.54) is 0 Å². The average Bonchev–Trinajstić information content (AvgIpc) is 3.15. The van der Waals surface area contributed by atoms with Crippen molar-refractivity contribution in [1.82, 2.24) is 19.6 Å². The van der Waals surface area contributed by atoms with Gasteiger partial charge in [-0.3, -0.25) is 4.79 Å². The average molecular weight is 288 g/mol. The first kappa shape index (κ1) is 13.9. The first-order valence-electron chi connectivity index (χ1n) is 7.43. The normalized spacial score (nSPS) is 19.0. The van der Waals surface area contributed by atoms with Crippen LogP contribution in [-0.2, 0) is 6.42 Å². The molecule has 1 fully saturated rings. The summed E-state index contributed by atoms with van der Waals surface area (Å²) in [6, 6.07) is 1.99. The molecule has 1 aliphatic rings. The largest absolute Gasteiger partial charge is 0.351 e. The highest BCUT2D eigenvalue weighted by atomic mass is 16.5. The summed E-state index contributed by atoms with van der Waals surface area (Å²) >= 11 is 0. The number of hydrogen-bond donors (Lipinski definition) is 0. The number of carbonyl (C=O) groups excluding carboxylic acids is 1. The van der Waals surface area contributed by atoms with E-state index in [1.807, 2.05) is 24.2 Å². The van der Waals surface area contributed by atoms with Gasteiger partial charge >= 0.3 is 0 Å². The Hall–Kier alpha value is -2.11. The molecule has 0 aromatic carbocycles. The van der Waals surface area contributed by atoms with Crippen molar-refractivity contribution in [3.63, 3.8) is 0 Å². The number of hydrogen-bond acceptors (Lipinski definition) is 4. The minimum absolute atomic E-state index is 0.0709. The Kier molecular flexibility index (Phi) is 3.77. The Labute approximate surface area is 123 Å². The molecule has 112 valence electrons. The molecule has 21 heavy (non-hydrogen) atoms. The zero-order valence-corrected chi connectivity index (χ0v) is 12.5. The number of nitrogens with zero attached hydrogens (tertiary/aromatic N) is 4. The fourth-order valence-electron chi connectivity index (χ4n) is 2.94. The van der Waals surface area contributed by atoms with Gasteiger partial charge in [-0.1, -0.05) is 12.1 Å². The molecule has 0 saturated carbocycles. The summed E-state index contributed by atoms with van der Waals surface area (Å²) in [6.45, 7) is 5.38. The van der Waals surface area contributed by atoms with Crippen LogP contribution in [0.2, 0.25) is 0 Å². The number of piperidine rings is 1. The highest BCUT2D eigenvalue weighted by Crippen LogP contribution is 2.24. The molecule has 0 unspecified atom stereocenters. The number of likely N-dealkylation sites (tertiary alicyclic amines) is 1. The van der Waals surface area contributed by atoms with Crippen molar-refractivity contribution in [2.24, 2.45) is 0 Å². The molecule has 2 aromatic heterocycles. The first-order valence-corrected chi connectivity index (χ1v) is 7.43. The van der Waals surface area contributed by atoms with Crippen LogP contribution in [0.1, 0.15) is 47.9 Å². The van der Waals surface area contributed by atoms with Gasteiger partial charge in [-0.25, -0.2) is 4.98 Å². The number of carbonyl (C=O) groups is 1. The minimum atomic E-state index is -0.0709. The molecule has 0 bridgehead atoms. The quantitative estimate of drug-likeness (QED) is 0.868. The maximum atomic E-state index is 12.4. The van der Waals surface area contributed by atoms with E-state index in [9.17, 15) is 4.79 Å². The molecule has 1 saturated heterocycles. The summed E-state index contributed by atoms with van der Waals surface area (Å²) in [5.74, 6) is 1.33. The zero-order valence-electron chi connectivity index (χ0n) is 12.5. The van der Waals surface area contributed by atoms with E-state index < -0.39 is 0 Å². The maximum absolute atomic E-state index is 12.4. The van der Waals surface area contributed by atoms with Crippen LogP contribution < -0.4 is 0 Å². The van der Waals surface area contributed by atoms with E-state index in [-0.39, 0.29) is 5.91 Å². The van der Waals surface area contributed by atoms with E-state index in [2.05, 4.69) is 21.6 Å². The van der Waals surface area contributed by atoms with Gasteiger partial charge in [-0.05, 0) is 19.8 Å². The van der Waals surface area contributed by atoms with Crippen molar-refractivity contribution in [3.05, 3.63) is 35.7 Å². The molecule has 6 heteroatoms. The van der Waals surface area contributed by atoms with Crippen LogP contribution in [0.3, 0.4) is 0 Å². The highest BCUT2D eigenvalue weighted by molar-refractivity contribution is 5.91. The lowest BCUT2D eigenvalue weighted by atomic mass is 10.0. The first-order chi connectivity index (χ1) is 10.2. The summed E-state index contributed by atoms with van der Waals surface area (Å²) in [5.41, 5.74) is 0.731. The summed E-state index contributed by atoms with van der Waals surface area (Å²) in [7, 11) is 0. The van der Waals surface area contributed by atoms with E-state index in [1.54, 1.807) is 6.07 Å². The van der Waals surface area contributed by atoms with E-state index in [0.717, 1.165) is 37.3 Å². The number of aryl methyl sites for hydroxylation is 2. The third kappa shape index (κ3) is 2.70. The van der Waals surface area contributed by atoms with Gasteiger partial charge < -0.3 is 14.0 Å². The fourth-order valence-corrected chi connectivity index (χ4v) is 2.94. The monoisotopic (exact) mass is 288 g/mol. The van der Waals surface area contributed by atoms with Crippen LogP contribution in [0.25, 0.3) is 0 Å². The highest BCUT2D eigenvalue weighted by Gasteiger charge is 2.28. The lowest BCUT2D eigenvalue weighted by molar-refractivity contribution is 0.0636. The van der Waals surface area contributed by atoms with Gasteiger partial charge in [0, 0.05) is 38.0 Å². The van der Waals surface area contributed by atoms with Crippen LogP contribution in [0.15, 0.2) is 23.0 Å². The number of amides is 1. The van der Waals surface area contributed by atoms with E-state index in [0.29, 0.717) is 18.3 Å². The van der Waals surface area contributed by atoms with Crippen LogP contribution in [-0.4, -0.2) is 38.6 Å². The molecule has 1 amide bonds. The third-order valence-corrected chi connectivity index (χ3v) is 3.98. The van der Waals surface area contributed by atoms with E-state index in [4.69, 9.17) is 4.52 Å². The standard InChI is InChI=1S/C15H20N4O2/c1-3-14-16-6-8-19(14)12-5-4-7-18(10-12)15(20)13-9-11(2)17-21-13/h6,8-9,12H,3-5,7,10H2,1-2H3/t12-/m0/s1. The lowest BCUT2D eigenvalue weighted by Crippen LogP contribution is -2.40. The molecule has 6 nitrogen and oxygen atoms in total. The molecule has 0 radical (unpaired) electrons. The van der Waals surface area contributed by atoms with Crippen LogP contribution in [0.4, 0.5) is 0 Å². The smallest absolute Gasteiger partial charge is 0.292 e. The van der Waals surface area contributed by atoms with Crippen molar-refractivity contribution < 1.29 is 9.32 Å². The van der Waals surface area contributed by atoms with Gasteiger partial charge in [-0.15, -0.1) is 0 Å². The van der Waals surface area contributed by atoms with Crippen molar-refractivity contribution in [2.75, 3.05) is 13.1 Å². The predicted octanol–water partition coefficient (Wildman–Crippen LogP) is 2.22. The number of aromatic nitrogens is 3. The summed E-state index contributed by atoms with van der Waals surface area (Å²) in [6.07, 6.45) is 6.81. The molecule has 0 aliphatic carbocycles. The number of imidazole rings is 1. The Morgan fingerprint density at radius 1 is 1.52 bits per heavy atom. The molecular weight excluding hydrogens is 268 g/mol. The number of rotatable bonds is 3. The second kappa shape index (κ2) is 5.71. The predicted molar refractivity (Wildman–Crippen MR) is 77.0 cm³/mol. The summed E-state index contributed by atoms with van der Waals surface area (Å²) < 4.78 is 7.29. The molecule has 2 aromatic rings. The van der Waals surface area contributed by atoms with E-state index >= 15 is 0 Å². The van der Waals surface area contributed by atoms with Crippen molar-refractivity contribution in [3.8, 4) is 0 Å². The van der Waals surface area contributed by atoms with Crippen molar-refractivity contribution >= 4 is 5.91 Å². The van der Waals surface area contributed by atoms with Gasteiger partial charge in [0.1, 0.15) is 5.82 Å². The molecule has 1 atom stereocenters. The topological polar surface area (TPSA) is 64.2 Å². The Morgan fingerprint density at radius 2 is 2.38 bits per heavy atom.